The molecule has 0 aromatic carbocycles. The number of aliphatic hydroxyl groups excluding tert-OH is 1. The number of unbranched alkanes of at least 4 members (excludes halogenated alkanes) is 1. The van der Waals surface area contributed by atoms with E-state index in [-0.39, 0.29) is 11.2 Å². The monoisotopic (exact) mass is 220 g/mol. The summed E-state index contributed by atoms with van der Waals surface area (Å²) in [4.78, 5) is 11.8. The normalized spacial score (nSPS) is 27.4. The zero-order valence-electron chi connectivity index (χ0n) is 10.3. The van der Waals surface area contributed by atoms with E-state index in [4.69, 9.17) is 0 Å². The number of Topliss-reactive ketones (excluding diaryl/α,β-unsaturated/α-hetero) is 1. The summed E-state index contributed by atoms with van der Waals surface area (Å²) in [6, 6.07) is 0. The third kappa shape index (κ3) is 1.65. The van der Waals surface area contributed by atoms with E-state index in [1.54, 1.807) is 0 Å². The summed E-state index contributed by atoms with van der Waals surface area (Å²) in [6.45, 7) is 6.17. The smallest absolute Gasteiger partial charge is 0.163 e. The Balaban J connectivity index is 2.34. The van der Waals surface area contributed by atoms with Crippen LogP contribution in [0, 0.1) is 5.41 Å². The Bertz CT molecular complexity index is 386. The fraction of sp³-hybridized carbons (Fsp3) is 0.643. The van der Waals surface area contributed by atoms with E-state index in [9.17, 15) is 9.90 Å². The molecule has 1 unspecified atom stereocenters. The highest BCUT2D eigenvalue weighted by atomic mass is 16.3. The van der Waals surface area contributed by atoms with Gasteiger partial charge < -0.3 is 5.11 Å². The van der Waals surface area contributed by atoms with Crippen molar-refractivity contribution in [2.24, 2.45) is 5.41 Å². The number of carbonyl (C=O) groups is 1. The van der Waals surface area contributed by atoms with Crippen LogP contribution in [0.3, 0.4) is 0 Å². The lowest BCUT2D eigenvalue weighted by Crippen LogP contribution is -2.25. The molecule has 0 bridgehead atoms. The third-order valence-electron chi connectivity index (χ3n) is 3.66. The van der Waals surface area contributed by atoms with Crippen LogP contribution in [0.2, 0.25) is 0 Å². The van der Waals surface area contributed by atoms with Gasteiger partial charge in [-0.2, -0.15) is 0 Å². The highest BCUT2D eigenvalue weighted by molar-refractivity contribution is 6.03. The molecule has 0 amide bonds. The highest BCUT2D eigenvalue weighted by Gasteiger charge is 2.43. The molecule has 0 saturated carbocycles. The first-order chi connectivity index (χ1) is 7.47. The van der Waals surface area contributed by atoms with E-state index in [0.29, 0.717) is 6.42 Å². The molecule has 1 atom stereocenters. The zero-order chi connectivity index (χ0) is 11.9. The third-order valence-corrected chi connectivity index (χ3v) is 3.66. The molecule has 2 rings (SSSR count). The number of rotatable bonds is 3. The molecular formula is C14H20O2. The first-order valence-electron chi connectivity index (χ1n) is 6.13. The van der Waals surface area contributed by atoms with Crippen LogP contribution < -0.4 is 0 Å². The molecule has 0 saturated heterocycles. The molecule has 1 N–H and O–H groups in total. The van der Waals surface area contributed by atoms with E-state index < -0.39 is 6.10 Å². The molecule has 0 spiro atoms. The molecule has 0 fully saturated rings. The van der Waals surface area contributed by atoms with Crippen molar-refractivity contribution in [1.82, 2.24) is 0 Å². The van der Waals surface area contributed by atoms with Crippen LogP contribution in [0.15, 0.2) is 22.8 Å². The summed E-state index contributed by atoms with van der Waals surface area (Å²) in [5.41, 5.74) is 2.71. The molecule has 2 aliphatic rings. The van der Waals surface area contributed by atoms with E-state index in [1.807, 2.05) is 13.8 Å². The van der Waals surface area contributed by atoms with Crippen molar-refractivity contribution in [1.29, 1.82) is 0 Å². The maximum absolute atomic E-state index is 11.8. The van der Waals surface area contributed by atoms with Crippen molar-refractivity contribution in [3.05, 3.63) is 22.8 Å². The molecule has 0 heterocycles. The molecule has 0 aromatic heterocycles. The Labute approximate surface area is 97.0 Å². The van der Waals surface area contributed by atoms with Crippen molar-refractivity contribution < 1.29 is 9.90 Å². The fourth-order valence-electron chi connectivity index (χ4n) is 2.72. The second-order valence-corrected chi connectivity index (χ2v) is 5.49. The van der Waals surface area contributed by atoms with E-state index >= 15 is 0 Å². The summed E-state index contributed by atoms with van der Waals surface area (Å²) in [5.74, 6) is 0.226. The van der Waals surface area contributed by atoms with Gasteiger partial charge in [0.2, 0.25) is 0 Å². The molecule has 0 aliphatic heterocycles. The van der Waals surface area contributed by atoms with Crippen LogP contribution in [0.1, 0.15) is 46.5 Å². The Morgan fingerprint density at radius 1 is 1.50 bits per heavy atom. The van der Waals surface area contributed by atoms with Crippen LogP contribution in [0.5, 0.6) is 0 Å². The Morgan fingerprint density at radius 2 is 2.19 bits per heavy atom. The SMILES string of the molecule is CCCCC1=C2C(=CC(C)(C)C2O)CC1=O. The van der Waals surface area contributed by atoms with Crippen molar-refractivity contribution in [3.63, 3.8) is 0 Å². The number of fused-ring (bicyclic) bond motifs is 1. The van der Waals surface area contributed by atoms with Crippen LogP contribution in [0.25, 0.3) is 0 Å². The van der Waals surface area contributed by atoms with Crippen LogP contribution in [-0.2, 0) is 4.79 Å². The van der Waals surface area contributed by atoms with Crippen molar-refractivity contribution in [2.75, 3.05) is 0 Å². The van der Waals surface area contributed by atoms with Gasteiger partial charge in [0.15, 0.2) is 5.78 Å². The van der Waals surface area contributed by atoms with E-state index in [0.717, 1.165) is 36.0 Å². The van der Waals surface area contributed by atoms with Gasteiger partial charge in [-0.05, 0) is 24.0 Å². The van der Waals surface area contributed by atoms with Gasteiger partial charge in [0.1, 0.15) is 0 Å². The summed E-state index contributed by atoms with van der Waals surface area (Å²) in [6.07, 6.45) is 5.04. The number of hydrogen-bond donors (Lipinski definition) is 1. The Hall–Kier alpha value is -0.890. The minimum Gasteiger partial charge on any atom is -0.388 e. The average Bonchev–Trinajstić information content (AvgIpc) is 2.59. The van der Waals surface area contributed by atoms with Gasteiger partial charge in [-0.15, -0.1) is 0 Å². The Kier molecular flexibility index (Phi) is 2.79. The topological polar surface area (TPSA) is 37.3 Å². The number of hydrogen-bond acceptors (Lipinski definition) is 2. The van der Waals surface area contributed by atoms with Gasteiger partial charge >= 0.3 is 0 Å². The zero-order valence-corrected chi connectivity index (χ0v) is 10.3. The molecular weight excluding hydrogens is 200 g/mol. The van der Waals surface area contributed by atoms with Gasteiger partial charge in [-0.1, -0.05) is 33.3 Å². The second kappa shape index (κ2) is 3.85. The Morgan fingerprint density at radius 3 is 2.81 bits per heavy atom. The first-order valence-corrected chi connectivity index (χ1v) is 6.13. The standard InChI is InChI=1S/C14H20O2/c1-4-5-6-10-11(15)7-9-8-14(2,3)13(16)12(9)10/h8,13,16H,4-7H2,1-3H3. The van der Waals surface area contributed by atoms with Crippen LogP contribution in [-0.4, -0.2) is 17.0 Å². The molecule has 2 nitrogen and oxygen atoms in total. The minimum absolute atomic E-state index is 0.206. The first kappa shape index (κ1) is 11.6. The number of carbonyl (C=O) groups excluding carboxylic acids is 1. The highest BCUT2D eigenvalue weighted by Crippen LogP contribution is 2.47. The average molecular weight is 220 g/mol. The lowest BCUT2D eigenvalue weighted by molar-refractivity contribution is -0.114. The predicted molar refractivity (Wildman–Crippen MR) is 64.0 cm³/mol. The lowest BCUT2D eigenvalue weighted by Gasteiger charge is -2.22. The van der Waals surface area contributed by atoms with Crippen LogP contribution >= 0.6 is 0 Å². The van der Waals surface area contributed by atoms with E-state index in [1.165, 1.54) is 0 Å². The largest absolute Gasteiger partial charge is 0.388 e. The summed E-state index contributed by atoms with van der Waals surface area (Å²) < 4.78 is 0. The molecule has 0 aromatic rings. The predicted octanol–water partition coefficient (Wildman–Crippen LogP) is 2.77. The van der Waals surface area contributed by atoms with Gasteiger partial charge in [-0.3, -0.25) is 4.79 Å². The van der Waals surface area contributed by atoms with Crippen molar-refractivity contribution in [3.8, 4) is 0 Å². The summed E-state index contributed by atoms with van der Waals surface area (Å²) >= 11 is 0. The molecule has 0 radical (unpaired) electrons. The number of allylic oxidation sites excluding steroid dienone is 1. The second-order valence-electron chi connectivity index (χ2n) is 5.49. The number of aliphatic hydroxyl groups is 1. The van der Waals surface area contributed by atoms with Crippen molar-refractivity contribution >= 4 is 5.78 Å². The summed E-state index contributed by atoms with van der Waals surface area (Å²) in [5, 5.41) is 10.3. The van der Waals surface area contributed by atoms with Crippen molar-refractivity contribution in [2.45, 2.75) is 52.6 Å². The number of ketones is 1. The lowest BCUT2D eigenvalue weighted by atomic mass is 9.87. The fourth-order valence-corrected chi connectivity index (χ4v) is 2.72. The minimum atomic E-state index is -0.485. The molecule has 88 valence electrons. The maximum atomic E-state index is 11.8. The maximum Gasteiger partial charge on any atom is 0.163 e. The van der Waals surface area contributed by atoms with E-state index in [2.05, 4.69) is 13.0 Å². The van der Waals surface area contributed by atoms with Gasteiger partial charge in [0, 0.05) is 17.4 Å². The molecule has 2 aliphatic carbocycles. The molecule has 2 heteroatoms. The summed E-state index contributed by atoms with van der Waals surface area (Å²) in [7, 11) is 0. The molecule has 16 heavy (non-hydrogen) atoms. The van der Waals surface area contributed by atoms with Gasteiger partial charge in [-0.25, -0.2) is 0 Å². The van der Waals surface area contributed by atoms with Crippen LogP contribution in [0.4, 0.5) is 0 Å². The van der Waals surface area contributed by atoms with Gasteiger partial charge in [0.05, 0.1) is 6.10 Å². The van der Waals surface area contributed by atoms with Gasteiger partial charge in [0.25, 0.3) is 0 Å². The quantitative estimate of drug-likeness (QED) is 0.794.